The third kappa shape index (κ3) is 12.7. The van der Waals surface area contributed by atoms with Crippen LogP contribution in [-0.4, -0.2) is 9.13 Å². The minimum absolute atomic E-state index is 0.0684. The molecule has 14 aromatic carbocycles. The molecule has 0 spiro atoms. The Balaban J connectivity index is 0.982. The number of hydrogen-bond acceptors (Lipinski definition) is 2. The van der Waals surface area contributed by atoms with Gasteiger partial charge in [-0.2, -0.15) is 0 Å². The fraction of sp³-hybridized carbons (Fsp3) is 0.263. The van der Waals surface area contributed by atoms with E-state index in [4.69, 9.17) is 1.37 Å². The van der Waals surface area contributed by atoms with Crippen molar-refractivity contribution in [2.24, 2.45) is 0 Å². The van der Waals surface area contributed by atoms with Gasteiger partial charge >= 0.3 is 0 Å². The molecular weight excluding hydrogens is 1430 g/mol. The summed E-state index contributed by atoms with van der Waals surface area (Å²) in [5.41, 5.74) is 35.5. The zero-order chi connectivity index (χ0) is 86.9. The van der Waals surface area contributed by atoms with E-state index >= 15 is 0 Å². The van der Waals surface area contributed by atoms with Crippen molar-refractivity contribution in [2.45, 2.75) is 196 Å². The number of fused-ring (bicyclic) bond motifs is 13. The van der Waals surface area contributed by atoms with Crippen LogP contribution in [0.15, 0.2) is 279 Å². The van der Waals surface area contributed by atoms with Gasteiger partial charge in [0, 0.05) is 50.6 Å². The Labute approximate surface area is 707 Å². The number of hydrogen-bond donors (Lipinski definition) is 0. The van der Waals surface area contributed by atoms with Crippen LogP contribution < -0.4 is 9.80 Å². The first-order chi connectivity index (χ1) is 58.0. The standard InChI is InChI=1S/C114H112N4/c1-108(2,3)75-45-51-97-89(60-75)90-61-76(109(4,5)6)46-52-98(90)115(97)82-66-103-106-104(67-82)118(107-87(70-35-27-23-28-36-70)64-81(114(19,20)21)65-88(107)71-37-29-24-30-38-71)102-57-72(69-33-25-22-26-34-69)43-49-86(102)105(106)85-50-44-73(74-55-79(112(13,14)15)59-80(56-74)113(16,17)18)58-101(85)117(103)96-42-32-40-84-83-39-31-41-95(93(83)68-94(84)96)116-99-53-47-77(110(7,8)9)62-91(99)92-63-78(111(10,11)12)48-54-100(92)116/h22-67,105H,68H2,1-21H3/i22D,25D,26D,33D,34D. The van der Waals surface area contributed by atoms with Crippen molar-refractivity contribution in [1.29, 1.82) is 0 Å². The lowest BCUT2D eigenvalue weighted by Gasteiger charge is -2.46. The van der Waals surface area contributed by atoms with Gasteiger partial charge in [0.25, 0.3) is 0 Å². The first-order valence-electron chi connectivity index (χ1n) is 45.0. The second-order valence-corrected chi connectivity index (χ2v) is 41.1. The molecule has 3 aliphatic rings. The molecule has 2 aliphatic heterocycles. The summed E-state index contributed by atoms with van der Waals surface area (Å²) in [7, 11) is 0. The SMILES string of the molecule is [2H]c1c([2H])c([2H])c(-c2ccc3c(c2)N(c2c(-c4ccccc4)cc(C(C)(C)C)cc2-c2ccccc2)c2cc(-n4c5ccc(C(C)(C)C)cc5c5cc(C(C)(C)C)ccc54)cc4c2C3c2ccc(-c3cc(C(C)(C)C)cc(C(C)(C)C)c3)cc2N4c2cccc3c2Cc2c-3cccc2-n2c3ccc(C(C)(C)C)cc3c3cc(C(C)(C)C)ccc32)c([2H])c1[2H]. The van der Waals surface area contributed by atoms with E-state index in [9.17, 15) is 5.48 Å². The van der Waals surface area contributed by atoms with Crippen molar-refractivity contribution < 1.29 is 6.85 Å². The summed E-state index contributed by atoms with van der Waals surface area (Å²) < 4.78 is 52.3. The molecule has 0 saturated carbocycles. The highest BCUT2D eigenvalue weighted by Gasteiger charge is 2.45. The zero-order valence-electron chi connectivity index (χ0n) is 77.7. The van der Waals surface area contributed by atoms with E-state index in [2.05, 4.69) is 407 Å². The summed E-state index contributed by atoms with van der Waals surface area (Å²) >= 11 is 0. The molecule has 1 unspecified atom stereocenters. The largest absolute Gasteiger partial charge is 0.309 e. The third-order valence-corrected chi connectivity index (χ3v) is 25.9. The molecule has 16 aromatic rings. The Morgan fingerprint density at radius 1 is 0.263 bits per heavy atom. The number of benzene rings is 14. The van der Waals surface area contributed by atoms with E-state index in [1.165, 1.54) is 99.5 Å². The quantitative estimate of drug-likeness (QED) is 0.151. The summed E-state index contributed by atoms with van der Waals surface area (Å²) in [5.74, 6) is -0.444. The normalized spacial score (nSPS) is 14.9. The van der Waals surface area contributed by atoms with E-state index in [1.807, 2.05) is 6.07 Å². The van der Waals surface area contributed by atoms with Crippen LogP contribution in [0.3, 0.4) is 0 Å². The number of rotatable bonds is 8. The summed E-state index contributed by atoms with van der Waals surface area (Å²) in [4.78, 5) is 5.21. The van der Waals surface area contributed by atoms with Gasteiger partial charge in [0.05, 0.1) is 74.4 Å². The van der Waals surface area contributed by atoms with E-state index in [0.717, 1.165) is 101 Å². The number of nitrogens with zero attached hydrogens (tertiary/aromatic N) is 4. The van der Waals surface area contributed by atoms with Crippen molar-refractivity contribution in [1.82, 2.24) is 9.13 Å². The predicted octanol–water partition coefficient (Wildman–Crippen LogP) is 31.9. The van der Waals surface area contributed by atoms with Crippen molar-refractivity contribution in [3.8, 4) is 67.0 Å². The van der Waals surface area contributed by atoms with Gasteiger partial charge in [-0.05, 0) is 241 Å². The van der Waals surface area contributed by atoms with Crippen LogP contribution in [0, 0.1) is 0 Å². The first-order valence-corrected chi connectivity index (χ1v) is 42.5. The number of anilines is 6. The molecule has 0 radical (unpaired) electrons. The van der Waals surface area contributed by atoms with Crippen molar-refractivity contribution in [3.63, 3.8) is 0 Å². The van der Waals surface area contributed by atoms with Gasteiger partial charge in [-0.15, -0.1) is 0 Å². The van der Waals surface area contributed by atoms with Gasteiger partial charge < -0.3 is 18.9 Å². The van der Waals surface area contributed by atoms with E-state index < -0.39 is 12.0 Å². The van der Waals surface area contributed by atoms with E-state index in [1.54, 1.807) is 0 Å². The lowest BCUT2D eigenvalue weighted by atomic mass is 9.74. The van der Waals surface area contributed by atoms with Crippen LogP contribution in [0.5, 0.6) is 0 Å². The average Bonchev–Trinajstić information content (AvgIpc) is 1.33. The molecule has 4 heterocycles. The Kier molecular flexibility index (Phi) is 16.1. The van der Waals surface area contributed by atoms with Gasteiger partial charge in [0.2, 0.25) is 0 Å². The molecule has 1 atom stereocenters. The van der Waals surface area contributed by atoms with Gasteiger partial charge in [-0.25, -0.2) is 0 Å². The smallest absolute Gasteiger partial charge is 0.0629 e. The van der Waals surface area contributed by atoms with Crippen LogP contribution in [0.4, 0.5) is 34.1 Å². The van der Waals surface area contributed by atoms with Crippen LogP contribution in [0.25, 0.3) is 111 Å². The van der Waals surface area contributed by atoms with E-state index in [0.29, 0.717) is 12.0 Å². The van der Waals surface area contributed by atoms with Gasteiger partial charge in [-0.1, -0.05) is 327 Å². The Morgan fingerprint density at radius 2 is 0.644 bits per heavy atom. The summed E-state index contributed by atoms with van der Waals surface area (Å²) in [6.45, 7) is 48.7. The van der Waals surface area contributed by atoms with Gasteiger partial charge in [0.1, 0.15) is 0 Å². The average molecular weight is 1540 g/mol. The molecule has 588 valence electrons. The summed E-state index contributed by atoms with van der Waals surface area (Å²) in [6, 6.07) is 93.6. The second kappa shape index (κ2) is 26.9. The predicted molar refractivity (Wildman–Crippen MR) is 506 cm³/mol. The lowest BCUT2D eigenvalue weighted by molar-refractivity contribution is 0.569. The fourth-order valence-corrected chi connectivity index (χ4v) is 19.1. The van der Waals surface area contributed by atoms with Crippen LogP contribution >= 0.6 is 0 Å². The third-order valence-electron chi connectivity index (χ3n) is 25.9. The molecule has 0 amide bonds. The minimum Gasteiger partial charge on any atom is -0.309 e. The maximum Gasteiger partial charge on any atom is 0.0629 e. The molecule has 2 aromatic heterocycles. The molecule has 0 N–H and O–H groups in total. The molecule has 118 heavy (non-hydrogen) atoms. The topological polar surface area (TPSA) is 16.3 Å². The molecule has 19 rings (SSSR count). The molecule has 1 aliphatic carbocycles. The highest BCUT2D eigenvalue weighted by Crippen LogP contribution is 2.65. The molecule has 4 nitrogen and oxygen atoms in total. The van der Waals surface area contributed by atoms with Crippen molar-refractivity contribution >= 4 is 77.7 Å². The van der Waals surface area contributed by atoms with Crippen LogP contribution in [-0.2, 0) is 44.3 Å². The van der Waals surface area contributed by atoms with Crippen LogP contribution in [0.1, 0.15) is 225 Å². The first kappa shape index (κ1) is 70.5. The number of aromatic nitrogens is 2. The molecule has 0 bridgehead atoms. The maximum absolute atomic E-state index is 9.82. The van der Waals surface area contributed by atoms with E-state index in [-0.39, 0.29) is 67.6 Å². The van der Waals surface area contributed by atoms with Crippen molar-refractivity contribution in [3.05, 3.63) is 346 Å². The van der Waals surface area contributed by atoms with Crippen molar-refractivity contribution in [2.75, 3.05) is 9.80 Å². The monoisotopic (exact) mass is 1540 g/mol. The fourth-order valence-electron chi connectivity index (χ4n) is 19.1. The van der Waals surface area contributed by atoms with Gasteiger partial charge in [0.15, 0.2) is 0 Å². The van der Waals surface area contributed by atoms with Crippen LogP contribution in [0.2, 0.25) is 0 Å². The lowest BCUT2D eigenvalue weighted by Crippen LogP contribution is -2.30. The Morgan fingerprint density at radius 3 is 1.08 bits per heavy atom. The summed E-state index contributed by atoms with van der Waals surface area (Å²) in [5, 5.41) is 4.86. The zero-order valence-corrected chi connectivity index (χ0v) is 72.7. The molecule has 4 heteroatoms. The highest BCUT2D eigenvalue weighted by atomic mass is 15.2. The highest BCUT2D eigenvalue weighted by molar-refractivity contribution is 6.13. The van der Waals surface area contributed by atoms with Gasteiger partial charge in [-0.3, -0.25) is 0 Å². The molecule has 0 saturated heterocycles. The summed E-state index contributed by atoms with van der Waals surface area (Å²) in [6.07, 6.45) is 0.646. The Bertz CT molecular complexity index is 6860. The Hall–Kier alpha value is -11.7. The minimum atomic E-state index is -0.444. The maximum atomic E-state index is 9.82. The molecule has 0 fully saturated rings. The second-order valence-electron chi connectivity index (χ2n) is 41.1. The molecular formula is C114H112N4.